The molecule has 2 heteroatoms. The first-order valence-corrected chi connectivity index (χ1v) is 3.08. The largest absolute Gasteiger partial charge is 0.393 e. The Hall–Kier alpha value is 0.250. The lowest BCUT2D eigenvalue weighted by Crippen LogP contribution is -1.65. The highest BCUT2D eigenvalue weighted by Crippen LogP contribution is 2.16. The molecule has 0 atom stereocenters. The number of hydrogen-bond acceptors (Lipinski definition) is 1. The Bertz CT molecular complexity index is 35.1. The minimum absolute atomic E-state index is 0.0833. The van der Waals surface area contributed by atoms with Crippen molar-refractivity contribution in [1.29, 1.82) is 0 Å². The molecule has 0 aromatic heterocycles. The van der Waals surface area contributed by atoms with Crippen LogP contribution < -0.4 is 0 Å². The summed E-state index contributed by atoms with van der Waals surface area (Å²) in [6.07, 6.45) is 2.17. The average molecular weight is 123 g/mol. The number of rotatable bonds is 0. The summed E-state index contributed by atoms with van der Waals surface area (Å²) in [5.74, 6) is 0.722. The third-order valence-corrected chi connectivity index (χ3v) is 0.547. The van der Waals surface area contributed by atoms with E-state index in [2.05, 4.69) is 0 Å². The predicted molar refractivity (Wildman–Crippen MR) is 31.6 cm³/mol. The molecule has 44 valence electrons. The molecule has 1 aliphatic carbocycles. The fourth-order valence-corrected chi connectivity index (χ4v) is 0.0745. The van der Waals surface area contributed by atoms with Gasteiger partial charge in [-0.15, -0.1) is 11.6 Å². The SMILES string of the molecule is CCCl.OC1CC1. The standard InChI is InChI=1S/C3H6O.C2H5Cl/c4-3-1-2-3;1-2-3/h3-4H,1-2H2;2H2,1H3. The maximum Gasteiger partial charge on any atom is 0.0542 e. The number of aliphatic hydroxyl groups excluding tert-OH is 1. The molecule has 0 saturated heterocycles. The summed E-state index contributed by atoms with van der Waals surface area (Å²) in [5, 5.41) is 8.17. The van der Waals surface area contributed by atoms with E-state index in [9.17, 15) is 0 Å². The Morgan fingerprint density at radius 2 is 1.86 bits per heavy atom. The van der Waals surface area contributed by atoms with Crippen molar-refractivity contribution >= 4 is 11.6 Å². The molecular weight excluding hydrogens is 112 g/mol. The van der Waals surface area contributed by atoms with Gasteiger partial charge in [-0.25, -0.2) is 0 Å². The highest BCUT2D eigenvalue weighted by atomic mass is 35.5. The minimum Gasteiger partial charge on any atom is -0.393 e. The molecule has 0 aliphatic heterocycles. The van der Waals surface area contributed by atoms with Gasteiger partial charge in [-0.3, -0.25) is 0 Å². The van der Waals surface area contributed by atoms with Crippen LogP contribution >= 0.6 is 11.6 Å². The van der Waals surface area contributed by atoms with Crippen molar-refractivity contribution in [2.45, 2.75) is 25.9 Å². The Kier molecular flexibility index (Phi) is 4.57. The zero-order valence-electron chi connectivity index (χ0n) is 4.52. The summed E-state index contributed by atoms with van der Waals surface area (Å²) >= 11 is 5.00. The first kappa shape index (κ1) is 7.25. The third kappa shape index (κ3) is 10.7. The lowest BCUT2D eigenvalue weighted by Gasteiger charge is -1.57. The molecule has 0 radical (unpaired) electrons. The Morgan fingerprint density at radius 1 is 1.71 bits per heavy atom. The highest BCUT2D eigenvalue weighted by molar-refractivity contribution is 6.17. The molecule has 0 aromatic rings. The summed E-state index contributed by atoms with van der Waals surface area (Å²) < 4.78 is 0. The molecule has 1 fully saturated rings. The normalized spacial score (nSPS) is 17.6. The Morgan fingerprint density at radius 3 is 1.86 bits per heavy atom. The van der Waals surface area contributed by atoms with Crippen LogP contribution in [-0.4, -0.2) is 17.1 Å². The molecule has 0 amide bonds. The quantitative estimate of drug-likeness (QED) is 0.482. The third-order valence-electron chi connectivity index (χ3n) is 0.547. The zero-order valence-corrected chi connectivity index (χ0v) is 5.28. The van der Waals surface area contributed by atoms with Gasteiger partial charge in [0.2, 0.25) is 0 Å². The van der Waals surface area contributed by atoms with Gasteiger partial charge in [0, 0.05) is 5.88 Å². The molecule has 0 bridgehead atoms. The summed E-state index contributed by atoms with van der Waals surface area (Å²) in [6, 6.07) is 0. The monoisotopic (exact) mass is 122 g/mol. The molecule has 0 spiro atoms. The second kappa shape index (κ2) is 4.41. The molecule has 0 heterocycles. The van der Waals surface area contributed by atoms with Crippen LogP contribution in [0.1, 0.15) is 19.8 Å². The number of halogens is 1. The summed E-state index contributed by atoms with van der Waals surface area (Å²) in [5.41, 5.74) is 0. The highest BCUT2D eigenvalue weighted by Gasteiger charge is 2.15. The van der Waals surface area contributed by atoms with Crippen LogP contribution in [0.4, 0.5) is 0 Å². The van der Waals surface area contributed by atoms with Gasteiger partial charge >= 0.3 is 0 Å². The maximum absolute atomic E-state index is 8.17. The topological polar surface area (TPSA) is 20.2 Å². The molecule has 7 heavy (non-hydrogen) atoms. The first-order chi connectivity index (χ1) is 3.31. The van der Waals surface area contributed by atoms with E-state index >= 15 is 0 Å². The van der Waals surface area contributed by atoms with Gasteiger partial charge in [0.1, 0.15) is 0 Å². The van der Waals surface area contributed by atoms with E-state index in [1.54, 1.807) is 0 Å². The molecule has 0 unspecified atom stereocenters. The van der Waals surface area contributed by atoms with Crippen molar-refractivity contribution in [3.63, 3.8) is 0 Å². The van der Waals surface area contributed by atoms with Crippen LogP contribution in [-0.2, 0) is 0 Å². The van der Waals surface area contributed by atoms with Gasteiger partial charge < -0.3 is 5.11 Å². The van der Waals surface area contributed by atoms with Gasteiger partial charge in [-0.2, -0.15) is 0 Å². The lowest BCUT2D eigenvalue weighted by atomic mass is 10.9. The van der Waals surface area contributed by atoms with E-state index in [1.165, 1.54) is 0 Å². The van der Waals surface area contributed by atoms with Gasteiger partial charge in [-0.05, 0) is 12.8 Å². The van der Waals surface area contributed by atoms with Crippen LogP contribution in [0.3, 0.4) is 0 Å². The zero-order chi connectivity index (χ0) is 5.70. The summed E-state index contributed by atoms with van der Waals surface area (Å²) in [6.45, 7) is 1.89. The predicted octanol–water partition coefficient (Wildman–Crippen LogP) is 1.39. The van der Waals surface area contributed by atoms with E-state index in [-0.39, 0.29) is 6.10 Å². The van der Waals surface area contributed by atoms with Crippen LogP contribution in [0, 0.1) is 0 Å². The van der Waals surface area contributed by atoms with Crippen molar-refractivity contribution in [3.8, 4) is 0 Å². The average Bonchev–Trinajstić information content (AvgIpc) is 2.25. The van der Waals surface area contributed by atoms with E-state index in [1.807, 2.05) is 6.92 Å². The van der Waals surface area contributed by atoms with Crippen molar-refractivity contribution < 1.29 is 5.11 Å². The van der Waals surface area contributed by atoms with Crippen molar-refractivity contribution in [1.82, 2.24) is 0 Å². The number of aliphatic hydroxyl groups is 1. The van der Waals surface area contributed by atoms with Gasteiger partial charge in [-0.1, -0.05) is 6.92 Å². The maximum atomic E-state index is 8.17. The second-order valence-electron chi connectivity index (χ2n) is 1.50. The van der Waals surface area contributed by atoms with Gasteiger partial charge in [0.05, 0.1) is 6.10 Å². The molecule has 1 nitrogen and oxygen atoms in total. The van der Waals surface area contributed by atoms with E-state index in [0.717, 1.165) is 18.7 Å². The number of alkyl halides is 1. The van der Waals surface area contributed by atoms with Crippen LogP contribution in [0.15, 0.2) is 0 Å². The smallest absolute Gasteiger partial charge is 0.0542 e. The second-order valence-corrected chi connectivity index (χ2v) is 2.03. The van der Waals surface area contributed by atoms with Crippen molar-refractivity contribution in [2.24, 2.45) is 0 Å². The van der Waals surface area contributed by atoms with Crippen LogP contribution in [0.2, 0.25) is 0 Å². The summed E-state index contributed by atoms with van der Waals surface area (Å²) in [7, 11) is 0. The summed E-state index contributed by atoms with van der Waals surface area (Å²) in [4.78, 5) is 0. The molecule has 1 N–H and O–H groups in total. The fraction of sp³-hybridized carbons (Fsp3) is 1.00. The minimum atomic E-state index is 0.0833. The Balaban J connectivity index is 0.000000110. The number of hydrogen-bond donors (Lipinski definition) is 1. The van der Waals surface area contributed by atoms with Crippen LogP contribution in [0.5, 0.6) is 0 Å². The van der Waals surface area contributed by atoms with Gasteiger partial charge in [0.25, 0.3) is 0 Å². The van der Waals surface area contributed by atoms with Crippen molar-refractivity contribution in [2.75, 3.05) is 5.88 Å². The molecule has 1 saturated carbocycles. The first-order valence-electron chi connectivity index (χ1n) is 2.55. The molecular formula is C5H11ClO. The lowest BCUT2D eigenvalue weighted by molar-refractivity contribution is 0.279. The van der Waals surface area contributed by atoms with Gasteiger partial charge in [0.15, 0.2) is 0 Å². The van der Waals surface area contributed by atoms with E-state index in [0.29, 0.717) is 0 Å². The molecule has 1 aliphatic rings. The Labute approximate surface area is 49.3 Å². The van der Waals surface area contributed by atoms with E-state index in [4.69, 9.17) is 16.7 Å². The van der Waals surface area contributed by atoms with Crippen LogP contribution in [0.25, 0.3) is 0 Å². The molecule has 1 rings (SSSR count). The molecule has 0 aromatic carbocycles. The van der Waals surface area contributed by atoms with E-state index < -0.39 is 0 Å². The van der Waals surface area contributed by atoms with Crippen molar-refractivity contribution in [3.05, 3.63) is 0 Å². The fourth-order valence-electron chi connectivity index (χ4n) is 0.0745.